The molecule has 0 heterocycles. The maximum atomic E-state index is 12.5. The molecule has 1 saturated carbocycles. The predicted octanol–water partition coefficient (Wildman–Crippen LogP) is 3.93. The molecule has 0 atom stereocenters. The van der Waals surface area contributed by atoms with Crippen molar-refractivity contribution in [2.75, 3.05) is 16.4 Å². The van der Waals surface area contributed by atoms with Crippen molar-refractivity contribution in [3.05, 3.63) is 59.7 Å². The van der Waals surface area contributed by atoms with E-state index in [1.165, 1.54) is 0 Å². The van der Waals surface area contributed by atoms with Crippen LogP contribution in [0.3, 0.4) is 0 Å². The summed E-state index contributed by atoms with van der Waals surface area (Å²) in [6.07, 6.45) is 3.18. The number of nitrogens with one attached hydrogen (secondary N) is 2. The van der Waals surface area contributed by atoms with Crippen molar-refractivity contribution in [3.63, 3.8) is 0 Å². The Labute approximate surface area is 171 Å². The third-order valence-corrected chi connectivity index (χ3v) is 7.49. The third kappa shape index (κ3) is 5.67. The second-order valence-corrected chi connectivity index (χ2v) is 9.82. The van der Waals surface area contributed by atoms with Crippen molar-refractivity contribution in [2.24, 2.45) is 0 Å². The molecule has 0 bridgehead atoms. The fourth-order valence-electron chi connectivity index (χ4n) is 3.48. The summed E-state index contributed by atoms with van der Waals surface area (Å²) in [4.78, 5) is 24.8. The second kappa shape index (κ2) is 9.22. The van der Waals surface area contributed by atoms with Gasteiger partial charge < -0.3 is 10.6 Å². The van der Waals surface area contributed by atoms with Crippen LogP contribution >= 0.6 is 0 Å². The lowest BCUT2D eigenvalue weighted by molar-refractivity contribution is -0.115. The maximum absolute atomic E-state index is 12.5. The molecular formula is C22H26N2O4S. The normalized spacial score (nSPS) is 14.5. The molecular weight excluding hydrogens is 388 g/mol. The molecule has 0 aliphatic heterocycles. The van der Waals surface area contributed by atoms with Crippen molar-refractivity contribution in [3.8, 4) is 0 Å². The zero-order valence-electron chi connectivity index (χ0n) is 16.5. The van der Waals surface area contributed by atoms with Gasteiger partial charge in [0.15, 0.2) is 9.84 Å². The minimum absolute atomic E-state index is 0.0846. The van der Waals surface area contributed by atoms with Gasteiger partial charge >= 0.3 is 0 Å². The highest BCUT2D eigenvalue weighted by atomic mass is 32.2. The molecule has 2 aromatic rings. The van der Waals surface area contributed by atoms with E-state index in [2.05, 4.69) is 10.6 Å². The van der Waals surface area contributed by atoms with E-state index in [0.29, 0.717) is 29.8 Å². The highest BCUT2D eigenvalue weighted by Gasteiger charge is 2.28. The molecule has 1 fully saturated rings. The van der Waals surface area contributed by atoms with Crippen LogP contribution in [0.1, 0.15) is 48.0 Å². The summed E-state index contributed by atoms with van der Waals surface area (Å²) in [5.41, 5.74) is 2.40. The lowest BCUT2D eigenvalue weighted by atomic mass is 10.1. The van der Waals surface area contributed by atoms with Crippen LogP contribution in [-0.4, -0.2) is 31.2 Å². The van der Waals surface area contributed by atoms with Gasteiger partial charge in [-0.3, -0.25) is 9.59 Å². The number of carbonyl (C=O) groups is 2. The summed E-state index contributed by atoms with van der Waals surface area (Å²) in [7, 11) is -3.24. The van der Waals surface area contributed by atoms with Crippen molar-refractivity contribution < 1.29 is 18.0 Å². The van der Waals surface area contributed by atoms with Crippen LogP contribution in [-0.2, 0) is 14.6 Å². The molecule has 0 radical (unpaired) electrons. The molecule has 0 unspecified atom stereocenters. The van der Waals surface area contributed by atoms with Crippen molar-refractivity contribution in [2.45, 2.75) is 44.3 Å². The van der Waals surface area contributed by atoms with Gasteiger partial charge in [-0.25, -0.2) is 8.42 Å². The number of sulfone groups is 1. The average Bonchev–Trinajstić information content (AvgIpc) is 3.25. The van der Waals surface area contributed by atoms with Gasteiger partial charge in [-0.15, -0.1) is 0 Å². The molecule has 0 spiro atoms. The standard InChI is InChI=1S/C22H26N2O4S/c1-16-11-12-17(22(26)23-18-7-3-2-4-8-18)15-20(16)24-21(25)13-14-29(27,28)19-9-5-6-10-19/h2-4,7-8,11-12,15,19H,5-6,9-10,13-14H2,1H3,(H,23,26)(H,24,25). The van der Waals surface area contributed by atoms with E-state index in [1.54, 1.807) is 30.3 Å². The highest BCUT2D eigenvalue weighted by Crippen LogP contribution is 2.26. The van der Waals surface area contributed by atoms with E-state index >= 15 is 0 Å². The van der Waals surface area contributed by atoms with E-state index < -0.39 is 9.84 Å². The second-order valence-electron chi connectivity index (χ2n) is 7.42. The summed E-state index contributed by atoms with van der Waals surface area (Å²) < 4.78 is 24.7. The number of para-hydroxylation sites is 1. The Kier molecular flexibility index (Phi) is 6.69. The van der Waals surface area contributed by atoms with Gasteiger partial charge in [-0.2, -0.15) is 0 Å². The molecule has 0 saturated heterocycles. The monoisotopic (exact) mass is 414 g/mol. The Bertz CT molecular complexity index is 981. The molecule has 1 aliphatic carbocycles. The van der Waals surface area contributed by atoms with Crippen LogP contribution in [0.25, 0.3) is 0 Å². The van der Waals surface area contributed by atoms with Gasteiger partial charge in [-0.1, -0.05) is 37.1 Å². The quantitative estimate of drug-likeness (QED) is 0.718. The van der Waals surface area contributed by atoms with Crippen LogP contribution in [0, 0.1) is 6.92 Å². The first kappa shape index (κ1) is 21.0. The molecule has 3 rings (SSSR count). The minimum Gasteiger partial charge on any atom is -0.326 e. The molecule has 2 aromatic carbocycles. The first-order valence-electron chi connectivity index (χ1n) is 9.83. The largest absolute Gasteiger partial charge is 0.326 e. The van der Waals surface area contributed by atoms with Crippen LogP contribution in [0.4, 0.5) is 11.4 Å². The molecule has 2 N–H and O–H groups in total. The van der Waals surface area contributed by atoms with Gasteiger partial charge in [0.25, 0.3) is 5.91 Å². The molecule has 154 valence electrons. The predicted molar refractivity (Wildman–Crippen MR) is 115 cm³/mol. The number of aryl methyl sites for hydroxylation is 1. The number of hydrogen-bond donors (Lipinski definition) is 2. The van der Waals surface area contributed by atoms with E-state index in [4.69, 9.17) is 0 Å². The Morgan fingerprint density at radius 3 is 2.38 bits per heavy atom. The molecule has 2 amide bonds. The van der Waals surface area contributed by atoms with Crippen molar-refractivity contribution >= 4 is 33.0 Å². The van der Waals surface area contributed by atoms with Crippen LogP contribution in [0.2, 0.25) is 0 Å². The van der Waals surface area contributed by atoms with Crippen LogP contribution in [0.5, 0.6) is 0 Å². The Morgan fingerprint density at radius 1 is 1.00 bits per heavy atom. The lowest BCUT2D eigenvalue weighted by Gasteiger charge is -2.13. The van der Waals surface area contributed by atoms with E-state index in [1.807, 2.05) is 25.1 Å². The highest BCUT2D eigenvalue weighted by molar-refractivity contribution is 7.92. The summed E-state index contributed by atoms with van der Waals surface area (Å²) >= 11 is 0. The number of amides is 2. The SMILES string of the molecule is Cc1ccc(C(=O)Nc2ccccc2)cc1NC(=O)CCS(=O)(=O)C1CCCC1. The molecule has 29 heavy (non-hydrogen) atoms. The van der Waals surface area contributed by atoms with Gasteiger partial charge in [0.1, 0.15) is 0 Å². The molecule has 1 aliphatic rings. The van der Waals surface area contributed by atoms with E-state index in [-0.39, 0.29) is 29.2 Å². The maximum Gasteiger partial charge on any atom is 0.255 e. The zero-order chi connectivity index (χ0) is 20.9. The van der Waals surface area contributed by atoms with E-state index in [9.17, 15) is 18.0 Å². The summed E-state index contributed by atoms with van der Waals surface area (Å²) in [5.74, 6) is -0.790. The summed E-state index contributed by atoms with van der Waals surface area (Å²) in [5, 5.41) is 5.25. The Morgan fingerprint density at radius 2 is 1.69 bits per heavy atom. The first-order valence-corrected chi connectivity index (χ1v) is 11.6. The molecule has 7 heteroatoms. The fraction of sp³-hybridized carbons (Fsp3) is 0.364. The molecule has 0 aromatic heterocycles. The van der Waals surface area contributed by atoms with Crippen LogP contribution in [0.15, 0.2) is 48.5 Å². The fourth-order valence-corrected chi connectivity index (χ4v) is 5.34. The lowest BCUT2D eigenvalue weighted by Crippen LogP contribution is -2.24. The topological polar surface area (TPSA) is 92.3 Å². The molecule has 6 nitrogen and oxygen atoms in total. The number of hydrogen-bond acceptors (Lipinski definition) is 4. The number of carbonyl (C=O) groups excluding carboxylic acids is 2. The van der Waals surface area contributed by atoms with Crippen molar-refractivity contribution in [1.82, 2.24) is 0 Å². The van der Waals surface area contributed by atoms with Gasteiger partial charge in [0.05, 0.1) is 11.0 Å². The van der Waals surface area contributed by atoms with E-state index in [0.717, 1.165) is 18.4 Å². The minimum atomic E-state index is -3.24. The average molecular weight is 415 g/mol. The van der Waals surface area contributed by atoms with Gasteiger partial charge in [0, 0.05) is 23.4 Å². The van der Waals surface area contributed by atoms with Crippen LogP contribution < -0.4 is 10.6 Å². The first-order chi connectivity index (χ1) is 13.8. The Balaban J connectivity index is 1.62. The zero-order valence-corrected chi connectivity index (χ0v) is 17.3. The number of benzene rings is 2. The third-order valence-electron chi connectivity index (χ3n) is 5.23. The summed E-state index contributed by atoms with van der Waals surface area (Å²) in [6.45, 7) is 1.82. The van der Waals surface area contributed by atoms with Gasteiger partial charge in [-0.05, 0) is 49.6 Å². The van der Waals surface area contributed by atoms with Crippen molar-refractivity contribution in [1.29, 1.82) is 0 Å². The smallest absolute Gasteiger partial charge is 0.255 e. The van der Waals surface area contributed by atoms with Gasteiger partial charge in [0.2, 0.25) is 5.91 Å². The Hall–Kier alpha value is -2.67. The number of anilines is 2. The summed E-state index contributed by atoms with van der Waals surface area (Å²) in [6, 6.07) is 14.2. The number of rotatable bonds is 7.